The molecule has 3 N–H and O–H groups in total. The first-order chi connectivity index (χ1) is 10.1. The molecule has 7 heteroatoms. The third-order valence-corrected chi connectivity index (χ3v) is 5.00. The number of rotatable bonds is 6. The van der Waals surface area contributed by atoms with Crippen molar-refractivity contribution in [3.05, 3.63) is 42.7 Å². The van der Waals surface area contributed by atoms with Crippen molar-refractivity contribution >= 4 is 10.0 Å². The molecule has 0 saturated heterocycles. The van der Waals surface area contributed by atoms with E-state index in [4.69, 9.17) is 5.73 Å². The number of aromatic nitrogens is 2. The van der Waals surface area contributed by atoms with Gasteiger partial charge < -0.3 is 5.73 Å². The number of nitrogens with two attached hydrogens (primary N) is 1. The highest BCUT2D eigenvalue weighted by Crippen LogP contribution is 2.31. The summed E-state index contributed by atoms with van der Waals surface area (Å²) in [6, 6.07) is 9.25. The SMILES string of the molecule is NC(CNS(=O)(=O)c1cnn(-c2ccccc2)c1)C1CC1. The predicted octanol–water partition coefficient (Wildman–Crippen LogP) is 0.888. The van der Waals surface area contributed by atoms with Gasteiger partial charge in [-0.25, -0.2) is 17.8 Å². The standard InChI is InChI=1S/C14H18N4O2S/c15-14(11-6-7-11)9-17-21(19,20)13-8-16-18(10-13)12-4-2-1-3-5-12/h1-5,8,10-11,14,17H,6-7,9,15H2. The molecule has 6 nitrogen and oxygen atoms in total. The zero-order chi connectivity index (χ0) is 14.9. The van der Waals surface area contributed by atoms with Crippen LogP contribution in [0.15, 0.2) is 47.6 Å². The van der Waals surface area contributed by atoms with Gasteiger partial charge in [0.05, 0.1) is 18.1 Å². The molecule has 1 aliphatic carbocycles. The van der Waals surface area contributed by atoms with Crippen molar-refractivity contribution in [3.63, 3.8) is 0 Å². The van der Waals surface area contributed by atoms with Crippen LogP contribution < -0.4 is 10.5 Å². The zero-order valence-electron chi connectivity index (χ0n) is 11.5. The Kier molecular flexibility index (Phi) is 3.79. The molecular formula is C14H18N4O2S. The lowest BCUT2D eigenvalue weighted by atomic mass is 10.2. The largest absolute Gasteiger partial charge is 0.326 e. The number of hydrogen-bond acceptors (Lipinski definition) is 4. The molecule has 0 bridgehead atoms. The van der Waals surface area contributed by atoms with Gasteiger partial charge in [-0.05, 0) is 30.9 Å². The third-order valence-electron chi connectivity index (χ3n) is 3.63. The Balaban J connectivity index is 1.72. The molecule has 112 valence electrons. The fourth-order valence-corrected chi connectivity index (χ4v) is 3.15. The Morgan fingerprint density at radius 1 is 1.33 bits per heavy atom. The Labute approximate surface area is 124 Å². The van der Waals surface area contributed by atoms with Gasteiger partial charge in [-0.1, -0.05) is 18.2 Å². The van der Waals surface area contributed by atoms with Gasteiger partial charge in [0.15, 0.2) is 0 Å². The van der Waals surface area contributed by atoms with E-state index < -0.39 is 10.0 Å². The topological polar surface area (TPSA) is 90.0 Å². The summed E-state index contributed by atoms with van der Waals surface area (Å²) < 4.78 is 28.5. The minimum atomic E-state index is -3.56. The summed E-state index contributed by atoms with van der Waals surface area (Å²) >= 11 is 0. The summed E-state index contributed by atoms with van der Waals surface area (Å²) in [7, 11) is -3.56. The molecule has 1 aromatic carbocycles. The van der Waals surface area contributed by atoms with Crippen molar-refractivity contribution in [2.45, 2.75) is 23.8 Å². The van der Waals surface area contributed by atoms with Gasteiger partial charge in [0.2, 0.25) is 10.0 Å². The monoisotopic (exact) mass is 306 g/mol. The number of sulfonamides is 1. The van der Waals surface area contributed by atoms with Crippen LogP contribution in [0.5, 0.6) is 0 Å². The second-order valence-electron chi connectivity index (χ2n) is 5.31. The summed E-state index contributed by atoms with van der Waals surface area (Å²) in [5, 5.41) is 4.09. The maximum atomic E-state index is 12.2. The van der Waals surface area contributed by atoms with Crippen LogP contribution in [0.4, 0.5) is 0 Å². The summed E-state index contributed by atoms with van der Waals surface area (Å²) in [4.78, 5) is 0.148. The van der Waals surface area contributed by atoms with Gasteiger partial charge in [-0.15, -0.1) is 0 Å². The van der Waals surface area contributed by atoms with E-state index in [1.807, 2.05) is 30.3 Å². The van der Waals surface area contributed by atoms with E-state index in [0.717, 1.165) is 18.5 Å². The first-order valence-electron chi connectivity index (χ1n) is 6.91. The molecule has 0 aliphatic heterocycles. The fraction of sp³-hybridized carbons (Fsp3) is 0.357. The highest BCUT2D eigenvalue weighted by atomic mass is 32.2. The number of benzene rings is 1. The number of para-hydroxylation sites is 1. The molecule has 1 unspecified atom stereocenters. The molecule has 1 heterocycles. The second-order valence-corrected chi connectivity index (χ2v) is 7.08. The minimum absolute atomic E-state index is 0.107. The van der Waals surface area contributed by atoms with Crippen LogP contribution in [0.1, 0.15) is 12.8 Å². The van der Waals surface area contributed by atoms with Crippen LogP contribution in [-0.4, -0.2) is 30.8 Å². The van der Waals surface area contributed by atoms with E-state index >= 15 is 0 Å². The van der Waals surface area contributed by atoms with Crippen molar-refractivity contribution in [1.29, 1.82) is 0 Å². The van der Waals surface area contributed by atoms with Crippen LogP contribution in [0.25, 0.3) is 5.69 Å². The molecule has 3 rings (SSSR count). The molecule has 1 fully saturated rings. The van der Waals surface area contributed by atoms with Gasteiger partial charge in [0.25, 0.3) is 0 Å². The second kappa shape index (κ2) is 5.59. The summed E-state index contributed by atoms with van der Waals surface area (Å²) in [6.07, 6.45) is 5.03. The van der Waals surface area contributed by atoms with Crippen LogP contribution in [0.2, 0.25) is 0 Å². The molecule has 0 radical (unpaired) electrons. The molecule has 21 heavy (non-hydrogen) atoms. The van der Waals surface area contributed by atoms with Crippen LogP contribution in [0, 0.1) is 5.92 Å². The van der Waals surface area contributed by atoms with Gasteiger partial charge in [0.1, 0.15) is 4.90 Å². The Morgan fingerprint density at radius 2 is 2.05 bits per heavy atom. The lowest BCUT2D eigenvalue weighted by Crippen LogP contribution is -2.38. The van der Waals surface area contributed by atoms with Gasteiger partial charge in [0, 0.05) is 12.6 Å². The van der Waals surface area contributed by atoms with Gasteiger partial charge in [-0.2, -0.15) is 5.10 Å². The lowest BCUT2D eigenvalue weighted by Gasteiger charge is -2.10. The van der Waals surface area contributed by atoms with Gasteiger partial charge in [-0.3, -0.25) is 0 Å². The number of nitrogens with one attached hydrogen (secondary N) is 1. The van der Waals surface area contributed by atoms with Crippen LogP contribution in [-0.2, 0) is 10.0 Å². The van der Waals surface area contributed by atoms with Gasteiger partial charge >= 0.3 is 0 Å². The molecule has 1 aromatic heterocycles. The predicted molar refractivity (Wildman–Crippen MR) is 79.5 cm³/mol. The molecule has 1 atom stereocenters. The number of nitrogens with zero attached hydrogens (tertiary/aromatic N) is 2. The van der Waals surface area contributed by atoms with Crippen molar-refractivity contribution in [2.24, 2.45) is 11.7 Å². The zero-order valence-corrected chi connectivity index (χ0v) is 12.3. The smallest absolute Gasteiger partial charge is 0.243 e. The quantitative estimate of drug-likeness (QED) is 0.829. The first kappa shape index (κ1) is 14.2. The Hall–Kier alpha value is -1.70. The van der Waals surface area contributed by atoms with E-state index in [1.54, 1.807) is 0 Å². The van der Waals surface area contributed by atoms with Crippen molar-refractivity contribution in [2.75, 3.05) is 6.54 Å². The maximum absolute atomic E-state index is 12.2. The van der Waals surface area contributed by atoms with Crippen LogP contribution >= 0.6 is 0 Å². The molecule has 1 aliphatic rings. The first-order valence-corrected chi connectivity index (χ1v) is 8.40. The normalized spacial score (nSPS) is 16.8. The van der Waals surface area contributed by atoms with E-state index in [-0.39, 0.29) is 17.5 Å². The lowest BCUT2D eigenvalue weighted by molar-refractivity contribution is 0.547. The summed E-state index contributed by atoms with van der Waals surface area (Å²) in [6.45, 7) is 0.267. The molecule has 0 spiro atoms. The van der Waals surface area contributed by atoms with E-state index in [2.05, 4.69) is 9.82 Å². The average molecular weight is 306 g/mol. The maximum Gasteiger partial charge on any atom is 0.243 e. The Morgan fingerprint density at radius 3 is 2.71 bits per heavy atom. The van der Waals surface area contributed by atoms with Crippen molar-refractivity contribution < 1.29 is 8.42 Å². The molecule has 1 saturated carbocycles. The van der Waals surface area contributed by atoms with E-state index in [1.165, 1.54) is 17.1 Å². The average Bonchev–Trinajstić information content (AvgIpc) is 3.22. The van der Waals surface area contributed by atoms with Crippen molar-refractivity contribution in [3.8, 4) is 5.69 Å². The van der Waals surface area contributed by atoms with Crippen LogP contribution in [0.3, 0.4) is 0 Å². The third kappa shape index (κ3) is 3.31. The van der Waals surface area contributed by atoms with E-state index in [0.29, 0.717) is 5.92 Å². The summed E-state index contributed by atoms with van der Waals surface area (Å²) in [5.41, 5.74) is 6.73. The molecule has 0 amide bonds. The number of hydrogen-bond donors (Lipinski definition) is 2. The highest BCUT2D eigenvalue weighted by molar-refractivity contribution is 7.89. The summed E-state index contributed by atoms with van der Waals surface area (Å²) in [5.74, 6) is 0.458. The van der Waals surface area contributed by atoms with E-state index in [9.17, 15) is 8.42 Å². The molecule has 2 aromatic rings. The minimum Gasteiger partial charge on any atom is -0.326 e. The Bertz CT molecular complexity index is 708. The molecular weight excluding hydrogens is 288 g/mol. The van der Waals surface area contributed by atoms with Crippen molar-refractivity contribution in [1.82, 2.24) is 14.5 Å². The highest BCUT2D eigenvalue weighted by Gasteiger charge is 2.29. The fourth-order valence-electron chi connectivity index (χ4n) is 2.15.